The van der Waals surface area contributed by atoms with Gasteiger partial charge in [-0.2, -0.15) is 0 Å². The van der Waals surface area contributed by atoms with E-state index in [0.29, 0.717) is 10.8 Å². The van der Waals surface area contributed by atoms with E-state index in [2.05, 4.69) is 31.2 Å². The van der Waals surface area contributed by atoms with Crippen LogP contribution in [-0.4, -0.2) is 17.1 Å². The zero-order chi connectivity index (χ0) is 14.7. The minimum absolute atomic E-state index is 0.244. The Kier molecular flexibility index (Phi) is 4.83. The van der Waals surface area contributed by atoms with Crippen molar-refractivity contribution >= 4 is 39.0 Å². The predicted octanol–water partition coefficient (Wildman–Crippen LogP) is 4.77. The predicted molar refractivity (Wildman–Crippen MR) is 85.1 cm³/mol. The molecule has 0 aliphatic rings. The average Bonchev–Trinajstić information content (AvgIpc) is 2.40. The van der Waals surface area contributed by atoms with Crippen molar-refractivity contribution in [3.05, 3.63) is 39.7 Å². The number of aromatic nitrogens is 2. The smallest absolute Gasteiger partial charge is 0.135 e. The first-order valence-corrected chi connectivity index (χ1v) is 7.31. The third-order valence-corrected chi connectivity index (χ3v) is 3.40. The zero-order valence-electron chi connectivity index (χ0n) is 11.4. The van der Waals surface area contributed by atoms with Crippen LogP contribution in [0.25, 0.3) is 0 Å². The molecule has 0 saturated heterocycles. The van der Waals surface area contributed by atoms with E-state index >= 15 is 0 Å². The van der Waals surface area contributed by atoms with Crippen LogP contribution in [0, 0.1) is 0 Å². The molecule has 0 radical (unpaired) electrons. The monoisotopic (exact) mass is 355 g/mol. The van der Waals surface area contributed by atoms with Crippen LogP contribution in [-0.2, 0) is 0 Å². The van der Waals surface area contributed by atoms with E-state index in [1.807, 2.05) is 32.0 Å². The lowest BCUT2D eigenvalue weighted by Crippen LogP contribution is -2.02. The number of nitrogens with zero attached hydrogens (tertiary/aromatic N) is 2. The second kappa shape index (κ2) is 6.41. The Labute approximate surface area is 131 Å². The fourth-order valence-electron chi connectivity index (χ4n) is 1.62. The first-order chi connectivity index (χ1) is 9.49. The Morgan fingerprint density at radius 3 is 2.65 bits per heavy atom. The summed E-state index contributed by atoms with van der Waals surface area (Å²) >= 11 is 9.56. The molecule has 0 spiro atoms. The maximum Gasteiger partial charge on any atom is 0.135 e. The Bertz CT molecular complexity index is 619. The maximum atomic E-state index is 6.17. The third kappa shape index (κ3) is 3.61. The standard InChI is InChI=1S/C14H15BrClN3O/c1-8(2)14-18-12(15)7-13(19-14)17-11-6-9(20-3)4-5-10(11)16/h4-8H,1-3H3,(H,17,18,19). The van der Waals surface area contributed by atoms with Crippen LogP contribution in [0.2, 0.25) is 5.02 Å². The van der Waals surface area contributed by atoms with Crippen molar-refractivity contribution in [1.29, 1.82) is 0 Å². The lowest BCUT2D eigenvalue weighted by Gasteiger charge is -2.12. The second-order valence-corrected chi connectivity index (χ2v) is 5.78. The molecule has 0 saturated carbocycles. The van der Waals surface area contributed by atoms with Crippen LogP contribution in [0.5, 0.6) is 5.75 Å². The van der Waals surface area contributed by atoms with E-state index in [-0.39, 0.29) is 5.92 Å². The summed E-state index contributed by atoms with van der Waals surface area (Å²) in [5.74, 6) is 2.43. The van der Waals surface area contributed by atoms with Gasteiger partial charge in [-0.15, -0.1) is 0 Å². The highest BCUT2D eigenvalue weighted by molar-refractivity contribution is 9.10. The summed E-state index contributed by atoms with van der Waals surface area (Å²) in [4.78, 5) is 8.81. The van der Waals surface area contributed by atoms with Crippen LogP contribution in [0.4, 0.5) is 11.5 Å². The summed E-state index contributed by atoms with van der Waals surface area (Å²) in [5.41, 5.74) is 0.742. The normalized spacial score (nSPS) is 10.7. The number of ether oxygens (including phenoxy) is 1. The number of anilines is 2. The van der Waals surface area contributed by atoms with Gasteiger partial charge in [0, 0.05) is 18.1 Å². The van der Waals surface area contributed by atoms with Gasteiger partial charge in [-0.25, -0.2) is 9.97 Å². The summed E-state index contributed by atoms with van der Waals surface area (Å²) in [6.07, 6.45) is 0. The van der Waals surface area contributed by atoms with E-state index in [0.717, 1.165) is 21.9 Å². The fraction of sp³-hybridized carbons (Fsp3) is 0.286. The zero-order valence-corrected chi connectivity index (χ0v) is 13.8. The highest BCUT2D eigenvalue weighted by Gasteiger charge is 2.09. The van der Waals surface area contributed by atoms with Gasteiger partial charge in [0.15, 0.2) is 0 Å². The molecule has 1 aromatic carbocycles. The summed E-state index contributed by atoms with van der Waals surface area (Å²) in [6, 6.07) is 7.22. The summed E-state index contributed by atoms with van der Waals surface area (Å²) < 4.78 is 5.93. The Balaban J connectivity index is 2.34. The molecule has 0 fully saturated rings. The minimum atomic E-state index is 0.244. The molecule has 1 N–H and O–H groups in total. The van der Waals surface area contributed by atoms with E-state index in [9.17, 15) is 0 Å². The Morgan fingerprint density at radius 2 is 2.00 bits per heavy atom. The van der Waals surface area contributed by atoms with Crippen LogP contribution < -0.4 is 10.1 Å². The van der Waals surface area contributed by atoms with Crippen molar-refractivity contribution in [3.8, 4) is 5.75 Å². The first kappa shape index (κ1) is 15.1. The molecule has 4 nitrogen and oxygen atoms in total. The number of rotatable bonds is 4. The Hall–Kier alpha value is -1.33. The molecule has 0 atom stereocenters. The molecule has 106 valence electrons. The molecule has 2 aromatic rings. The van der Waals surface area contributed by atoms with Crippen molar-refractivity contribution < 1.29 is 4.74 Å². The molecule has 0 unspecified atom stereocenters. The first-order valence-electron chi connectivity index (χ1n) is 6.14. The molecular weight excluding hydrogens is 342 g/mol. The SMILES string of the molecule is COc1ccc(Cl)c(Nc2cc(Br)nc(C(C)C)n2)c1. The van der Waals surface area contributed by atoms with Gasteiger partial charge in [0.25, 0.3) is 0 Å². The topological polar surface area (TPSA) is 47.0 Å². The number of halogens is 2. The van der Waals surface area contributed by atoms with Gasteiger partial charge in [0.1, 0.15) is 22.0 Å². The molecule has 0 amide bonds. The average molecular weight is 357 g/mol. The van der Waals surface area contributed by atoms with Crippen molar-refractivity contribution in [3.63, 3.8) is 0 Å². The molecular formula is C14H15BrClN3O. The lowest BCUT2D eigenvalue weighted by molar-refractivity contribution is 0.415. The highest BCUT2D eigenvalue weighted by atomic mass is 79.9. The fourth-order valence-corrected chi connectivity index (χ4v) is 2.19. The Morgan fingerprint density at radius 1 is 1.25 bits per heavy atom. The van der Waals surface area contributed by atoms with E-state index in [1.165, 1.54) is 0 Å². The lowest BCUT2D eigenvalue weighted by atomic mass is 10.2. The molecule has 0 bridgehead atoms. The largest absolute Gasteiger partial charge is 0.497 e. The molecule has 0 aliphatic heterocycles. The third-order valence-electron chi connectivity index (χ3n) is 2.66. The van der Waals surface area contributed by atoms with Gasteiger partial charge < -0.3 is 10.1 Å². The van der Waals surface area contributed by atoms with Crippen LogP contribution in [0.1, 0.15) is 25.6 Å². The maximum absolute atomic E-state index is 6.17. The van der Waals surface area contributed by atoms with Crippen LogP contribution in [0.3, 0.4) is 0 Å². The quantitative estimate of drug-likeness (QED) is 0.802. The molecule has 20 heavy (non-hydrogen) atoms. The molecule has 0 aliphatic carbocycles. The number of hydrogen-bond donors (Lipinski definition) is 1. The van der Waals surface area contributed by atoms with Gasteiger partial charge in [0.2, 0.25) is 0 Å². The van der Waals surface area contributed by atoms with E-state index in [4.69, 9.17) is 16.3 Å². The van der Waals surface area contributed by atoms with Gasteiger partial charge in [-0.3, -0.25) is 0 Å². The number of methoxy groups -OCH3 is 1. The van der Waals surface area contributed by atoms with Gasteiger partial charge in [-0.1, -0.05) is 25.4 Å². The second-order valence-electron chi connectivity index (χ2n) is 4.56. The van der Waals surface area contributed by atoms with Gasteiger partial charge >= 0.3 is 0 Å². The number of hydrogen-bond acceptors (Lipinski definition) is 4. The van der Waals surface area contributed by atoms with Crippen molar-refractivity contribution in [2.45, 2.75) is 19.8 Å². The number of benzene rings is 1. The summed E-state index contributed by atoms with van der Waals surface area (Å²) in [6.45, 7) is 4.09. The minimum Gasteiger partial charge on any atom is -0.497 e. The van der Waals surface area contributed by atoms with Gasteiger partial charge in [0.05, 0.1) is 17.8 Å². The summed E-state index contributed by atoms with van der Waals surface area (Å²) in [5, 5.41) is 3.79. The van der Waals surface area contributed by atoms with Crippen molar-refractivity contribution in [1.82, 2.24) is 9.97 Å². The molecule has 1 aromatic heterocycles. The van der Waals surface area contributed by atoms with Gasteiger partial charge in [-0.05, 0) is 28.1 Å². The molecule has 2 rings (SSSR count). The highest BCUT2D eigenvalue weighted by Crippen LogP contribution is 2.29. The van der Waals surface area contributed by atoms with Crippen molar-refractivity contribution in [2.24, 2.45) is 0 Å². The molecule has 1 heterocycles. The van der Waals surface area contributed by atoms with Crippen LogP contribution in [0.15, 0.2) is 28.9 Å². The van der Waals surface area contributed by atoms with Crippen LogP contribution >= 0.6 is 27.5 Å². The molecule has 6 heteroatoms. The van der Waals surface area contributed by atoms with E-state index < -0.39 is 0 Å². The van der Waals surface area contributed by atoms with Crippen molar-refractivity contribution in [2.75, 3.05) is 12.4 Å². The summed E-state index contributed by atoms with van der Waals surface area (Å²) in [7, 11) is 1.62. The van der Waals surface area contributed by atoms with E-state index in [1.54, 1.807) is 13.2 Å². The number of nitrogens with one attached hydrogen (secondary N) is 1.